The second kappa shape index (κ2) is 14.3. The van der Waals surface area contributed by atoms with Crippen LogP contribution >= 0.6 is 15.9 Å². The van der Waals surface area contributed by atoms with Crippen molar-refractivity contribution in [2.45, 2.75) is 57.1 Å². The van der Waals surface area contributed by atoms with Gasteiger partial charge in [-0.3, -0.25) is 13.9 Å². The van der Waals surface area contributed by atoms with Crippen LogP contribution in [0.2, 0.25) is 0 Å². The molecule has 0 spiro atoms. The van der Waals surface area contributed by atoms with E-state index in [-0.39, 0.29) is 23.4 Å². The summed E-state index contributed by atoms with van der Waals surface area (Å²) in [7, 11) is -2.56. The second-order valence-electron chi connectivity index (χ2n) is 9.42. The van der Waals surface area contributed by atoms with Gasteiger partial charge in [0.1, 0.15) is 18.3 Å². The molecule has 3 rings (SSSR count). The van der Waals surface area contributed by atoms with Gasteiger partial charge in [0.15, 0.2) is 0 Å². The molecule has 0 fully saturated rings. The predicted octanol–water partition coefficient (Wildman–Crippen LogP) is 5.38. The Kier molecular flexibility index (Phi) is 11.2. The van der Waals surface area contributed by atoms with E-state index >= 15 is 0 Å². The number of methoxy groups -OCH3 is 1. The molecule has 40 heavy (non-hydrogen) atoms. The van der Waals surface area contributed by atoms with Crippen molar-refractivity contribution in [3.8, 4) is 5.75 Å². The minimum atomic E-state index is -4.11. The lowest BCUT2D eigenvalue weighted by Crippen LogP contribution is -2.53. The number of ether oxygens (including phenoxy) is 1. The molecule has 0 aliphatic carbocycles. The fourth-order valence-corrected chi connectivity index (χ4v) is 6.02. The molecule has 1 N–H and O–H groups in total. The number of halogens is 1. The van der Waals surface area contributed by atoms with Gasteiger partial charge in [-0.1, -0.05) is 66.2 Å². The number of amides is 2. The van der Waals surface area contributed by atoms with E-state index in [1.165, 1.54) is 17.0 Å². The smallest absolute Gasteiger partial charge is 0.264 e. The molecule has 0 aliphatic heterocycles. The summed E-state index contributed by atoms with van der Waals surface area (Å²) in [5, 5.41) is 2.98. The van der Waals surface area contributed by atoms with E-state index < -0.39 is 28.5 Å². The molecule has 8 nitrogen and oxygen atoms in total. The van der Waals surface area contributed by atoms with Gasteiger partial charge in [-0.25, -0.2) is 8.42 Å². The SMILES string of the molecule is CC[C@@H](C)NC(=O)[C@H](CC)N(Cc1cccc(OC)c1)C(=O)CN(c1cccc(Br)c1)S(=O)(=O)c1ccccc1. The summed E-state index contributed by atoms with van der Waals surface area (Å²) >= 11 is 3.41. The Bertz CT molecular complexity index is 1400. The minimum absolute atomic E-state index is 0.0590. The molecule has 0 aliphatic rings. The topological polar surface area (TPSA) is 96.0 Å². The van der Waals surface area contributed by atoms with Crippen molar-refractivity contribution < 1.29 is 22.7 Å². The number of carbonyl (C=O) groups is 2. The molecule has 0 saturated carbocycles. The van der Waals surface area contributed by atoms with Crippen LogP contribution in [0.25, 0.3) is 0 Å². The van der Waals surface area contributed by atoms with E-state index in [2.05, 4.69) is 21.2 Å². The van der Waals surface area contributed by atoms with Gasteiger partial charge in [0.05, 0.1) is 17.7 Å². The van der Waals surface area contributed by atoms with Gasteiger partial charge in [-0.15, -0.1) is 0 Å². The summed E-state index contributed by atoms with van der Waals surface area (Å²) in [6.45, 7) is 5.31. The molecule has 10 heteroatoms. The summed E-state index contributed by atoms with van der Waals surface area (Å²) in [6, 6.07) is 21.1. The highest BCUT2D eigenvalue weighted by Crippen LogP contribution is 2.27. The van der Waals surface area contributed by atoms with Crippen molar-refractivity contribution in [2.24, 2.45) is 0 Å². The van der Waals surface area contributed by atoms with Crippen LogP contribution in [0.4, 0.5) is 5.69 Å². The number of rotatable bonds is 13. The largest absolute Gasteiger partial charge is 0.497 e. The lowest BCUT2D eigenvalue weighted by Gasteiger charge is -2.33. The second-order valence-corrected chi connectivity index (χ2v) is 12.2. The molecule has 0 unspecified atom stereocenters. The van der Waals surface area contributed by atoms with Crippen molar-refractivity contribution in [1.82, 2.24) is 10.2 Å². The summed E-state index contributed by atoms with van der Waals surface area (Å²) in [6.07, 6.45) is 1.08. The predicted molar refractivity (Wildman–Crippen MR) is 161 cm³/mol. The van der Waals surface area contributed by atoms with Gasteiger partial charge in [-0.05, 0) is 67.8 Å². The van der Waals surface area contributed by atoms with Crippen LogP contribution in [-0.4, -0.2) is 50.9 Å². The number of hydrogen-bond acceptors (Lipinski definition) is 5. The number of nitrogens with one attached hydrogen (secondary N) is 1. The molecule has 3 aromatic rings. The zero-order chi connectivity index (χ0) is 29.3. The highest BCUT2D eigenvalue weighted by Gasteiger charge is 2.34. The van der Waals surface area contributed by atoms with E-state index in [4.69, 9.17) is 4.74 Å². The Hall–Kier alpha value is -3.37. The standard InChI is InChI=1S/C30H36BrN3O5S/c1-5-22(3)32-30(36)28(6-2)33(20-23-12-10-15-26(18-23)39-4)29(35)21-34(25-14-11-13-24(31)19-25)40(37,38)27-16-8-7-9-17-27/h7-19,22,28H,5-6,20-21H2,1-4H3,(H,32,36)/t22-,28+/m1/s1. The molecule has 0 saturated heterocycles. The maximum atomic E-state index is 14.1. The summed E-state index contributed by atoms with van der Waals surface area (Å²) in [5.41, 5.74) is 1.08. The van der Waals surface area contributed by atoms with Crippen molar-refractivity contribution >= 4 is 43.5 Å². The van der Waals surface area contributed by atoms with Crippen molar-refractivity contribution in [1.29, 1.82) is 0 Å². The molecule has 2 atom stereocenters. The molecular formula is C30H36BrN3O5S. The zero-order valence-corrected chi connectivity index (χ0v) is 25.6. The highest BCUT2D eigenvalue weighted by molar-refractivity contribution is 9.10. The van der Waals surface area contributed by atoms with Gasteiger partial charge < -0.3 is 15.0 Å². The van der Waals surface area contributed by atoms with Crippen LogP contribution in [-0.2, 0) is 26.2 Å². The Morgan fingerprint density at radius 3 is 2.27 bits per heavy atom. The number of hydrogen-bond donors (Lipinski definition) is 1. The van der Waals surface area contributed by atoms with Crippen molar-refractivity contribution in [3.05, 3.63) is 88.9 Å². The molecular weight excluding hydrogens is 594 g/mol. The summed E-state index contributed by atoms with van der Waals surface area (Å²) < 4.78 is 34.8. The van der Waals surface area contributed by atoms with Crippen LogP contribution in [0.5, 0.6) is 5.75 Å². The minimum Gasteiger partial charge on any atom is -0.497 e. The first-order valence-corrected chi connectivity index (χ1v) is 15.4. The van der Waals surface area contributed by atoms with E-state index in [0.717, 1.165) is 16.3 Å². The van der Waals surface area contributed by atoms with Crippen molar-refractivity contribution in [3.63, 3.8) is 0 Å². The van der Waals surface area contributed by atoms with Crippen LogP contribution in [0, 0.1) is 0 Å². The Morgan fingerprint density at radius 2 is 1.65 bits per heavy atom. The molecule has 0 aromatic heterocycles. The third-order valence-electron chi connectivity index (χ3n) is 6.58. The first-order chi connectivity index (χ1) is 19.1. The average molecular weight is 631 g/mol. The Morgan fingerprint density at radius 1 is 0.950 bits per heavy atom. The van der Waals surface area contributed by atoms with E-state index in [9.17, 15) is 18.0 Å². The van der Waals surface area contributed by atoms with Gasteiger partial charge in [0, 0.05) is 17.1 Å². The molecule has 0 heterocycles. The summed E-state index contributed by atoms with van der Waals surface area (Å²) in [4.78, 5) is 29.0. The molecule has 0 bridgehead atoms. The van der Waals surface area contributed by atoms with Crippen LogP contribution < -0.4 is 14.4 Å². The zero-order valence-electron chi connectivity index (χ0n) is 23.2. The first-order valence-electron chi connectivity index (χ1n) is 13.2. The van der Waals surface area contributed by atoms with E-state index in [1.54, 1.807) is 61.7 Å². The third-order valence-corrected chi connectivity index (χ3v) is 8.86. The van der Waals surface area contributed by atoms with Crippen LogP contribution in [0.1, 0.15) is 39.2 Å². The van der Waals surface area contributed by atoms with Crippen LogP contribution in [0.3, 0.4) is 0 Å². The van der Waals surface area contributed by atoms with Crippen LogP contribution in [0.15, 0.2) is 88.2 Å². The van der Waals surface area contributed by atoms with Crippen molar-refractivity contribution in [2.75, 3.05) is 18.0 Å². The maximum Gasteiger partial charge on any atom is 0.264 e. The summed E-state index contributed by atoms with van der Waals surface area (Å²) in [5.74, 6) is -0.175. The first kappa shape index (κ1) is 31.2. The number of carbonyl (C=O) groups excluding carboxylic acids is 2. The maximum absolute atomic E-state index is 14.1. The number of anilines is 1. The normalized spacial score (nSPS) is 12.7. The number of nitrogens with zero attached hydrogens (tertiary/aromatic N) is 2. The fourth-order valence-electron chi connectivity index (χ4n) is 4.21. The third kappa shape index (κ3) is 7.85. The van der Waals surface area contributed by atoms with Gasteiger partial charge in [0.2, 0.25) is 11.8 Å². The average Bonchev–Trinajstić information content (AvgIpc) is 2.96. The van der Waals surface area contributed by atoms with E-state index in [1.807, 2.05) is 32.9 Å². The lowest BCUT2D eigenvalue weighted by atomic mass is 10.1. The number of sulfonamides is 1. The quantitative estimate of drug-likeness (QED) is 0.274. The molecule has 0 radical (unpaired) electrons. The highest BCUT2D eigenvalue weighted by atomic mass is 79.9. The van der Waals surface area contributed by atoms with Gasteiger partial charge in [0.25, 0.3) is 10.0 Å². The van der Waals surface area contributed by atoms with E-state index in [0.29, 0.717) is 22.3 Å². The molecule has 2 amide bonds. The Balaban J connectivity index is 2.06. The fraction of sp³-hybridized carbons (Fsp3) is 0.333. The van der Waals surface area contributed by atoms with Gasteiger partial charge in [-0.2, -0.15) is 0 Å². The van der Waals surface area contributed by atoms with Gasteiger partial charge >= 0.3 is 0 Å². The number of benzene rings is 3. The monoisotopic (exact) mass is 629 g/mol. The molecule has 3 aromatic carbocycles. The Labute approximate surface area is 245 Å². The molecule has 214 valence electrons. The lowest BCUT2D eigenvalue weighted by molar-refractivity contribution is -0.140.